The third kappa shape index (κ3) is 7.08. The van der Waals surface area contributed by atoms with Crippen LogP contribution in [-0.4, -0.2) is 29.8 Å². The Bertz CT molecular complexity index is 1240. The standard InChI is InChI=1S/C32H31ClN2O2/c1-34-32(37)30(21-24-11-5-2-6-12-24)35(23-25-17-19-28(33)20-18-25)31(36)22-29(26-13-7-3-8-14-26)27-15-9-4-10-16-27/h2-20,29-30H,21-23H2,1H3,(H,34,37)/t30-/m0/s1. The van der Waals surface area contributed by atoms with Gasteiger partial charge >= 0.3 is 0 Å². The average Bonchev–Trinajstić information content (AvgIpc) is 2.95. The molecule has 0 aliphatic rings. The molecular weight excluding hydrogens is 480 g/mol. The van der Waals surface area contributed by atoms with Crippen molar-refractivity contribution in [3.63, 3.8) is 0 Å². The van der Waals surface area contributed by atoms with E-state index in [1.165, 1.54) is 0 Å². The second kappa shape index (κ2) is 12.9. The molecule has 0 bridgehead atoms. The van der Waals surface area contributed by atoms with Gasteiger partial charge in [0.25, 0.3) is 0 Å². The zero-order valence-corrected chi connectivity index (χ0v) is 21.6. The fourth-order valence-electron chi connectivity index (χ4n) is 4.60. The van der Waals surface area contributed by atoms with Gasteiger partial charge in [-0.3, -0.25) is 9.59 Å². The first kappa shape index (κ1) is 26.2. The molecule has 4 nitrogen and oxygen atoms in total. The molecule has 0 radical (unpaired) electrons. The Morgan fingerprint density at radius 1 is 0.730 bits per heavy atom. The average molecular weight is 511 g/mol. The molecule has 0 spiro atoms. The lowest BCUT2D eigenvalue weighted by Crippen LogP contribution is -2.50. The summed E-state index contributed by atoms with van der Waals surface area (Å²) in [7, 11) is 1.61. The summed E-state index contributed by atoms with van der Waals surface area (Å²) in [6.45, 7) is 0.303. The predicted octanol–water partition coefficient (Wildman–Crippen LogP) is 6.25. The first-order valence-corrected chi connectivity index (χ1v) is 12.8. The van der Waals surface area contributed by atoms with E-state index in [-0.39, 0.29) is 24.2 Å². The van der Waals surface area contributed by atoms with Crippen LogP contribution < -0.4 is 5.32 Å². The number of carbonyl (C=O) groups is 2. The molecule has 1 N–H and O–H groups in total. The van der Waals surface area contributed by atoms with Crippen LogP contribution in [0.15, 0.2) is 115 Å². The molecule has 5 heteroatoms. The third-order valence-electron chi connectivity index (χ3n) is 6.57. The van der Waals surface area contributed by atoms with Gasteiger partial charge in [0.15, 0.2) is 0 Å². The van der Waals surface area contributed by atoms with Crippen LogP contribution in [0.3, 0.4) is 0 Å². The van der Waals surface area contributed by atoms with Crippen LogP contribution in [0.1, 0.15) is 34.6 Å². The summed E-state index contributed by atoms with van der Waals surface area (Å²) in [6.07, 6.45) is 0.658. The highest BCUT2D eigenvalue weighted by molar-refractivity contribution is 6.30. The van der Waals surface area contributed by atoms with Crippen molar-refractivity contribution in [3.05, 3.63) is 143 Å². The minimum atomic E-state index is -0.664. The zero-order valence-electron chi connectivity index (χ0n) is 20.9. The van der Waals surface area contributed by atoms with Crippen LogP contribution in [0, 0.1) is 0 Å². The van der Waals surface area contributed by atoms with E-state index >= 15 is 0 Å². The Morgan fingerprint density at radius 2 is 1.24 bits per heavy atom. The molecule has 37 heavy (non-hydrogen) atoms. The summed E-state index contributed by atoms with van der Waals surface area (Å²) in [6, 6.07) is 36.7. The Labute approximate surface area is 223 Å². The lowest BCUT2D eigenvalue weighted by Gasteiger charge is -2.32. The van der Waals surface area contributed by atoms with Gasteiger partial charge in [-0.1, -0.05) is 115 Å². The summed E-state index contributed by atoms with van der Waals surface area (Å²) in [5.41, 5.74) is 4.03. The molecule has 0 aromatic heterocycles. The predicted molar refractivity (Wildman–Crippen MR) is 149 cm³/mol. The maximum Gasteiger partial charge on any atom is 0.242 e. The van der Waals surface area contributed by atoms with Gasteiger partial charge < -0.3 is 10.2 Å². The summed E-state index contributed by atoms with van der Waals surface area (Å²) in [4.78, 5) is 29.1. The third-order valence-corrected chi connectivity index (χ3v) is 6.82. The molecule has 0 saturated carbocycles. The van der Waals surface area contributed by atoms with Crippen molar-refractivity contribution in [2.75, 3.05) is 7.05 Å². The van der Waals surface area contributed by atoms with Gasteiger partial charge in [-0.05, 0) is 34.4 Å². The second-order valence-corrected chi connectivity index (χ2v) is 9.48. The quantitative estimate of drug-likeness (QED) is 0.274. The number of likely N-dealkylation sites (N-methyl/N-ethyl adjacent to an activating group) is 1. The first-order valence-electron chi connectivity index (χ1n) is 12.4. The lowest BCUT2D eigenvalue weighted by atomic mass is 9.87. The molecular formula is C32H31ClN2O2. The molecule has 0 fully saturated rings. The Morgan fingerprint density at radius 3 is 1.76 bits per heavy atom. The lowest BCUT2D eigenvalue weighted by molar-refractivity contribution is -0.141. The van der Waals surface area contributed by atoms with Gasteiger partial charge in [0.05, 0.1) is 0 Å². The highest BCUT2D eigenvalue weighted by atomic mass is 35.5. The Kier molecular flexibility index (Phi) is 9.12. The molecule has 0 heterocycles. The van der Waals surface area contributed by atoms with Crippen molar-refractivity contribution in [3.8, 4) is 0 Å². The molecule has 4 rings (SSSR count). The van der Waals surface area contributed by atoms with Crippen LogP contribution >= 0.6 is 11.6 Å². The number of nitrogens with one attached hydrogen (secondary N) is 1. The largest absolute Gasteiger partial charge is 0.357 e. The van der Waals surface area contributed by atoms with Crippen molar-refractivity contribution < 1.29 is 9.59 Å². The minimum Gasteiger partial charge on any atom is -0.357 e. The Hall–Kier alpha value is -3.89. The molecule has 0 unspecified atom stereocenters. The number of amides is 2. The van der Waals surface area contributed by atoms with Crippen LogP contribution in [-0.2, 0) is 22.6 Å². The van der Waals surface area contributed by atoms with Gasteiger partial charge in [0.2, 0.25) is 11.8 Å². The molecule has 0 aliphatic heterocycles. The Balaban J connectivity index is 1.71. The van der Waals surface area contributed by atoms with E-state index in [9.17, 15) is 9.59 Å². The summed E-state index contributed by atoms with van der Waals surface area (Å²) in [5, 5.41) is 3.41. The van der Waals surface area contributed by atoms with Crippen molar-refractivity contribution in [1.82, 2.24) is 10.2 Å². The van der Waals surface area contributed by atoms with Crippen LogP contribution in [0.5, 0.6) is 0 Å². The topological polar surface area (TPSA) is 49.4 Å². The van der Waals surface area contributed by atoms with Crippen LogP contribution in [0.4, 0.5) is 0 Å². The number of rotatable bonds is 10. The van der Waals surface area contributed by atoms with Crippen molar-refractivity contribution in [1.29, 1.82) is 0 Å². The van der Waals surface area contributed by atoms with E-state index in [0.717, 1.165) is 22.3 Å². The molecule has 4 aromatic carbocycles. The number of benzene rings is 4. The van der Waals surface area contributed by atoms with E-state index in [0.29, 0.717) is 18.0 Å². The van der Waals surface area contributed by atoms with E-state index in [1.54, 1.807) is 11.9 Å². The number of carbonyl (C=O) groups excluding carboxylic acids is 2. The van der Waals surface area contributed by atoms with Crippen LogP contribution in [0.25, 0.3) is 0 Å². The molecule has 1 atom stereocenters. The van der Waals surface area contributed by atoms with Gasteiger partial charge in [-0.15, -0.1) is 0 Å². The van der Waals surface area contributed by atoms with Crippen molar-refractivity contribution in [2.24, 2.45) is 0 Å². The molecule has 0 aliphatic carbocycles. The maximum absolute atomic E-state index is 14.1. The van der Waals surface area contributed by atoms with Crippen LogP contribution in [0.2, 0.25) is 5.02 Å². The van der Waals surface area contributed by atoms with Gasteiger partial charge in [-0.2, -0.15) is 0 Å². The summed E-state index contributed by atoms with van der Waals surface area (Å²) >= 11 is 6.11. The SMILES string of the molecule is CNC(=O)[C@H](Cc1ccccc1)N(Cc1ccc(Cl)cc1)C(=O)CC(c1ccccc1)c1ccccc1. The first-order chi connectivity index (χ1) is 18.0. The number of hydrogen-bond acceptors (Lipinski definition) is 2. The normalized spacial score (nSPS) is 11.6. The second-order valence-electron chi connectivity index (χ2n) is 9.05. The fraction of sp³-hybridized carbons (Fsp3) is 0.188. The monoisotopic (exact) mass is 510 g/mol. The van der Waals surface area contributed by atoms with E-state index < -0.39 is 6.04 Å². The van der Waals surface area contributed by atoms with Gasteiger partial charge in [0.1, 0.15) is 6.04 Å². The van der Waals surface area contributed by atoms with Gasteiger partial charge in [0, 0.05) is 37.4 Å². The van der Waals surface area contributed by atoms with Crippen molar-refractivity contribution >= 4 is 23.4 Å². The van der Waals surface area contributed by atoms with E-state index in [4.69, 9.17) is 11.6 Å². The van der Waals surface area contributed by atoms with E-state index in [2.05, 4.69) is 29.6 Å². The van der Waals surface area contributed by atoms with Gasteiger partial charge in [-0.25, -0.2) is 0 Å². The number of hydrogen-bond donors (Lipinski definition) is 1. The maximum atomic E-state index is 14.1. The fourth-order valence-corrected chi connectivity index (χ4v) is 4.72. The molecule has 188 valence electrons. The smallest absolute Gasteiger partial charge is 0.242 e. The summed E-state index contributed by atoms with van der Waals surface area (Å²) < 4.78 is 0. The number of halogens is 1. The van der Waals surface area contributed by atoms with Crippen molar-refractivity contribution in [2.45, 2.75) is 31.3 Å². The molecule has 4 aromatic rings. The molecule has 0 saturated heterocycles. The zero-order chi connectivity index (χ0) is 26.0. The van der Waals surface area contributed by atoms with E-state index in [1.807, 2.05) is 91.0 Å². The minimum absolute atomic E-state index is 0.0859. The molecule has 2 amide bonds. The highest BCUT2D eigenvalue weighted by Gasteiger charge is 2.31. The highest BCUT2D eigenvalue weighted by Crippen LogP contribution is 2.30. The number of nitrogens with zero attached hydrogens (tertiary/aromatic N) is 1. The summed E-state index contributed by atoms with van der Waals surface area (Å²) in [5.74, 6) is -0.413.